The molecule has 0 saturated carbocycles. The first-order valence-electron chi connectivity index (χ1n) is 6.89. The van der Waals surface area contributed by atoms with E-state index in [0.29, 0.717) is 12.5 Å². The molecule has 0 aliphatic carbocycles. The molecule has 0 saturated heterocycles. The number of amides is 1. The van der Waals surface area contributed by atoms with Crippen molar-refractivity contribution in [1.29, 1.82) is 0 Å². The number of carbonyl (C=O) groups is 1. The smallest absolute Gasteiger partial charge is 0.225 e. The van der Waals surface area contributed by atoms with Crippen LogP contribution < -0.4 is 16.4 Å². The molecule has 21 heavy (non-hydrogen) atoms. The Hall–Kier alpha value is -1.89. The molecule has 0 radical (unpaired) electrons. The van der Waals surface area contributed by atoms with Crippen LogP contribution in [0, 0.1) is 5.41 Å². The molecule has 0 unspecified atom stereocenters. The predicted molar refractivity (Wildman–Crippen MR) is 87.8 cm³/mol. The molecule has 0 bridgehead atoms. The summed E-state index contributed by atoms with van der Waals surface area (Å²) in [6.45, 7) is 6.16. The standard InChI is InChI=1S/C14H21N5OS/c1-5-8-6-9-10(17-7-14(2,3)12(15)20)18-13(16-4)19-11(9)21-8/h6H,5,7H2,1-4H3,(H2,15,20)(H2,16,17,18,19). The Bertz CT molecular complexity index is 665. The topological polar surface area (TPSA) is 92.9 Å². The van der Waals surface area contributed by atoms with Gasteiger partial charge in [-0.1, -0.05) is 6.92 Å². The fourth-order valence-corrected chi connectivity index (χ4v) is 2.75. The van der Waals surface area contributed by atoms with Crippen LogP contribution in [0.15, 0.2) is 6.07 Å². The highest BCUT2D eigenvalue weighted by atomic mass is 32.1. The van der Waals surface area contributed by atoms with Crippen molar-refractivity contribution in [3.63, 3.8) is 0 Å². The van der Waals surface area contributed by atoms with Crippen molar-refractivity contribution in [2.24, 2.45) is 11.1 Å². The highest BCUT2D eigenvalue weighted by Gasteiger charge is 2.25. The van der Waals surface area contributed by atoms with Crippen LogP contribution >= 0.6 is 11.3 Å². The zero-order valence-corrected chi connectivity index (χ0v) is 13.6. The second-order valence-electron chi connectivity index (χ2n) is 5.53. The molecule has 0 aliphatic rings. The Balaban J connectivity index is 2.37. The lowest BCUT2D eigenvalue weighted by atomic mass is 9.93. The van der Waals surface area contributed by atoms with E-state index in [4.69, 9.17) is 5.73 Å². The molecule has 2 heterocycles. The van der Waals surface area contributed by atoms with Gasteiger partial charge in [-0.3, -0.25) is 4.79 Å². The van der Waals surface area contributed by atoms with Crippen LogP contribution in [-0.2, 0) is 11.2 Å². The van der Waals surface area contributed by atoms with Gasteiger partial charge in [0.25, 0.3) is 0 Å². The van der Waals surface area contributed by atoms with Crippen LogP contribution in [0.1, 0.15) is 25.6 Å². The number of primary amides is 1. The maximum atomic E-state index is 11.4. The van der Waals surface area contributed by atoms with Gasteiger partial charge in [-0.05, 0) is 26.3 Å². The van der Waals surface area contributed by atoms with Crippen LogP contribution in [0.5, 0.6) is 0 Å². The number of nitrogens with zero attached hydrogens (tertiary/aromatic N) is 2. The number of anilines is 2. The molecule has 2 aromatic rings. The van der Waals surface area contributed by atoms with Crippen LogP contribution in [0.3, 0.4) is 0 Å². The van der Waals surface area contributed by atoms with Gasteiger partial charge in [-0.25, -0.2) is 4.98 Å². The van der Waals surface area contributed by atoms with Crippen molar-refractivity contribution >= 4 is 39.2 Å². The molecule has 2 rings (SSSR count). The number of aryl methyl sites for hydroxylation is 1. The first kappa shape index (κ1) is 15.5. The van der Waals surface area contributed by atoms with Crippen molar-refractivity contribution in [3.8, 4) is 0 Å². The number of nitrogens with one attached hydrogen (secondary N) is 2. The van der Waals surface area contributed by atoms with Gasteiger partial charge in [0, 0.05) is 18.5 Å². The molecule has 0 aliphatic heterocycles. The minimum absolute atomic E-state index is 0.339. The van der Waals surface area contributed by atoms with Crippen molar-refractivity contribution in [2.45, 2.75) is 27.2 Å². The van der Waals surface area contributed by atoms with Crippen LogP contribution in [-0.4, -0.2) is 29.5 Å². The Morgan fingerprint density at radius 2 is 2.14 bits per heavy atom. The molecule has 1 amide bonds. The Labute approximate surface area is 128 Å². The third-order valence-corrected chi connectivity index (χ3v) is 4.55. The molecule has 0 atom stereocenters. The number of nitrogens with two attached hydrogens (primary N) is 1. The van der Waals surface area contributed by atoms with Gasteiger partial charge >= 0.3 is 0 Å². The van der Waals surface area contributed by atoms with Gasteiger partial charge in [0.1, 0.15) is 10.6 Å². The SMILES string of the molecule is CCc1cc2c(NCC(C)(C)C(N)=O)nc(NC)nc2s1. The van der Waals surface area contributed by atoms with Gasteiger partial charge in [-0.15, -0.1) is 11.3 Å². The second-order valence-corrected chi connectivity index (χ2v) is 6.65. The predicted octanol–water partition coefficient (Wildman–Crippen LogP) is 2.22. The quantitative estimate of drug-likeness (QED) is 0.761. The van der Waals surface area contributed by atoms with E-state index in [9.17, 15) is 4.79 Å². The third-order valence-electron chi connectivity index (χ3n) is 3.38. The zero-order valence-electron chi connectivity index (χ0n) is 12.8. The minimum Gasteiger partial charge on any atom is -0.369 e. The molecule has 4 N–H and O–H groups in total. The van der Waals surface area contributed by atoms with E-state index in [1.165, 1.54) is 4.88 Å². The van der Waals surface area contributed by atoms with Gasteiger partial charge in [0.05, 0.1) is 10.8 Å². The largest absolute Gasteiger partial charge is 0.369 e. The molecular weight excluding hydrogens is 286 g/mol. The average Bonchev–Trinajstić information content (AvgIpc) is 2.87. The molecule has 0 spiro atoms. The van der Waals surface area contributed by atoms with Crippen molar-refractivity contribution < 1.29 is 4.79 Å². The molecule has 6 nitrogen and oxygen atoms in total. The number of thiophene rings is 1. The van der Waals surface area contributed by atoms with Crippen LogP contribution in [0.4, 0.5) is 11.8 Å². The number of hydrogen-bond donors (Lipinski definition) is 3. The second kappa shape index (κ2) is 5.85. The number of aromatic nitrogens is 2. The lowest BCUT2D eigenvalue weighted by Gasteiger charge is -2.21. The molecule has 2 aromatic heterocycles. The molecule has 0 aromatic carbocycles. The monoisotopic (exact) mass is 307 g/mol. The number of fused-ring (bicyclic) bond motifs is 1. The summed E-state index contributed by atoms with van der Waals surface area (Å²) < 4.78 is 0. The fraction of sp³-hybridized carbons (Fsp3) is 0.500. The van der Waals surface area contributed by atoms with Crippen molar-refractivity contribution in [2.75, 3.05) is 24.2 Å². The van der Waals surface area contributed by atoms with E-state index < -0.39 is 5.41 Å². The summed E-state index contributed by atoms with van der Waals surface area (Å²) in [6, 6.07) is 2.10. The average molecular weight is 307 g/mol. The van der Waals surface area contributed by atoms with E-state index in [-0.39, 0.29) is 5.91 Å². The highest BCUT2D eigenvalue weighted by molar-refractivity contribution is 7.18. The normalized spacial score (nSPS) is 11.6. The summed E-state index contributed by atoms with van der Waals surface area (Å²) in [5, 5.41) is 7.18. The maximum absolute atomic E-state index is 11.4. The zero-order chi connectivity index (χ0) is 15.6. The Kier molecular flexibility index (Phi) is 4.32. The fourth-order valence-electron chi connectivity index (χ4n) is 1.78. The van der Waals surface area contributed by atoms with Crippen LogP contribution in [0.25, 0.3) is 10.2 Å². The van der Waals surface area contributed by atoms with E-state index in [1.807, 2.05) is 13.8 Å². The summed E-state index contributed by atoms with van der Waals surface area (Å²) in [5.41, 5.74) is 4.77. The van der Waals surface area contributed by atoms with E-state index in [1.54, 1.807) is 18.4 Å². The Morgan fingerprint density at radius 3 is 2.71 bits per heavy atom. The minimum atomic E-state index is -0.638. The Morgan fingerprint density at radius 1 is 1.43 bits per heavy atom. The van der Waals surface area contributed by atoms with E-state index in [0.717, 1.165) is 22.5 Å². The van der Waals surface area contributed by atoms with E-state index in [2.05, 4.69) is 33.6 Å². The summed E-state index contributed by atoms with van der Waals surface area (Å²) >= 11 is 1.66. The highest BCUT2D eigenvalue weighted by Crippen LogP contribution is 2.31. The van der Waals surface area contributed by atoms with Gasteiger partial charge in [0.2, 0.25) is 11.9 Å². The van der Waals surface area contributed by atoms with Crippen molar-refractivity contribution in [1.82, 2.24) is 9.97 Å². The van der Waals surface area contributed by atoms with E-state index >= 15 is 0 Å². The lowest BCUT2D eigenvalue weighted by Crippen LogP contribution is -2.37. The van der Waals surface area contributed by atoms with Crippen molar-refractivity contribution in [3.05, 3.63) is 10.9 Å². The first-order chi connectivity index (χ1) is 9.87. The molecule has 0 fully saturated rings. The summed E-state index contributed by atoms with van der Waals surface area (Å²) in [4.78, 5) is 22.5. The first-order valence-corrected chi connectivity index (χ1v) is 7.71. The maximum Gasteiger partial charge on any atom is 0.225 e. The number of hydrogen-bond acceptors (Lipinski definition) is 6. The number of rotatable bonds is 6. The van der Waals surface area contributed by atoms with Gasteiger partial charge < -0.3 is 16.4 Å². The van der Waals surface area contributed by atoms with Crippen LogP contribution in [0.2, 0.25) is 0 Å². The van der Waals surface area contributed by atoms with Gasteiger partial charge in [0.15, 0.2) is 0 Å². The summed E-state index contributed by atoms with van der Waals surface area (Å²) in [5.74, 6) is 0.953. The summed E-state index contributed by atoms with van der Waals surface area (Å²) in [7, 11) is 1.78. The lowest BCUT2D eigenvalue weighted by molar-refractivity contribution is -0.125. The summed E-state index contributed by atoms with van der Waals surface area (Å²) in [6.07, 6.45) is 0.960. The van der Waals surface area contributed by atoms with Gasteiger partial charge in [-0.2, -0.15) is 4.98 Å². The number of carbonyl (C=O) groups excluding carboxylic acids is 1. The molecule has 114 valence electrons. The molecule has 7 heteroatoms. The third kappa shape index (κ3) is 3.24. The molecular formula is C14H21N5OS.